The van der Waals surface area contributed by atoms with Crippen molar-refractivity contribution in [2.75, 3.05) is 13.3 Å². The van der Waals surface area contributed by atoms with E-state index in [1.165, 1.54) is 6.07 Å². The molecule has 0 amide bonds. The Hall–Kier alpha value is -3.00. The molecule has 0 aromatic heterocycles. The van der Waals surface area contributed by atoms with Gasteiger partial charge in [-0.2, -0.15) is 0 Å². The van der Waals surface area contributed by atoms with E-state index in [2.05, 4.69) is 0 Å². The van der Waals surface area contributed by atoms with Crippen LogP contribution in [0.2, 0.25) is 0 Å². The first-order chi connectivity index (χ1) is 13.3. The van der Waals surface area contributed by atoms with Gasteiger partial charge in [0.2, 0.25) is 6.79 Å². The summed E-state index contributed by atoms with van der Waals surface area (Å²) < 4.78 is 38.2. The first-order valence-electron chi connectivity index (χ1n) is 8.80. The Bertz CT molecular complexity index is 1100. The van der Waals surface area contributed by atoms with Gasteiger partial charge < -0.3 is 14.6 Å². The van der Waals surface area contributed by atoms with Crippen LogP contribution >= 0.6 is 0 Å². The highest BCUT2D eigenvalue weighted by molar-refractivity contribution is 7.89. The number of rotatable bonds is 4. The number of fused-ring (bicyclic) bond motifs is 2. The zero-order valence-corrected chi connectivity index (χ0v) is 16.2. The quantitative estimate of drug-likeness (QED) is 0.847. The highest BCUT2D eigenvalue weighted by Crippen LogP contribution is 2.43. The summed E-state index contributed by atoms with van der Waals surface area (Å²) in [6.45, 7) is 3.84. The van der Waals surface area contributed by atoms with Crippen molar-refractivity contribution >= 4 is 21.6 Å². The van der Waals surface area contributed by atoms with Gasteiger partial charge in [-0.3, -0.25) is 4.31 Å². The van der Waals surface area contributed by atoms with E-state index in [0.29, 0.717) is 28.2 Å². The number of sulfonamides is 1. The van der Waals surface area contributed by atoms with E-state index in [4.69, 9.17) is 9.47 Å². The molecular formula is C20H19NO6S. The smallest absolute Gasteiger partial charge is 0.353 e. The topological polar surface area (TPSA) is 93.1 Å². The lowest BCUT2D eigenvalue weighted by atomic mass is 9.94. The van der Waals surface area contributed by atoms with E-state index in [1.807, 2.05) is 13.8 Å². The van der Waals surface area contributed by atoms with E-state index in [-0.39, 0.29) is 29.8 Å². The van der Waals surface area contributed by atoms with Gasteiger partial charge in [-0.1, -0.05) is 38.1 Å². The van der Waals surface area contributed by atoms with Crippen molar-refractivity contribution in [3.63, 3.8) is 0 Å². The maximum atomic E-state index is 13.2. The number of nitrogens with zero attached hydrogens (tertiary/aromatic N) is 1. The standard InChI is InChI=1S/C20H19NO6S/c1-12(2)10-21-19(20(22)23)18(13-7-8-15-16(9-13)27-11-26-15)14-5-3-4-6-17(14)28(21,24)25/h3-9,12H,10-11H2,1-2H3,(H,22,23). The fourth-order valence-corrected chi connectivity index (χ4v) is 5.31. The van der Waals surface area contributed by atoms with Gasteiger partial charge in [0.25, 0.3) is 10.0 Å². The summed E-state index contributed by atoms with van der Waals surface area (Å²) in [5, 5.41) is 9.98. The van der Waals surface area contributed by atoms with Crippen molar-refractivity contribution in [1.29, 1.82) is 0 Å². The zero-order chi connectivity index (χ0) is 20.1. The third-order valence-electron chi connectivity index (χ3n) is 4.61. The van der Waals surface area contributed by atoms with Gasteiger partial charge in [0.15, 0.2) is 11.5 Å². The van der Waals surface area contributed by atoms with Crippen molar-refractivity contribution in [1.82, 2.24) is 4.31 Å². The molecule has 2 aromatic carbocycles. The zero-order valence-electron chi connectivity index (χ0n) is 15.4. The second kappa shape index (κ2) is 6.56. The van der Waals surface area contributed by atoms with Crippen LogP contribution < -0.4 is 9.47 Å². The summed E-state index contributed by atoms with van der Waals surface area (Å²) in [5.41, 5.74) is 1.000. The van der Waals surface area contributed by atoms with Crippen LogP contribution in [0.15, 0.2) is 53.1 Å². The van der Waals surface area contributed by atoms with E-state index < -0.39 is 16.0 Å². The summed E-state index contributed by atoms with van der Waals surface area (Å²) in [6, 6.07) is 11.6. The predicted molar refractivity (Wildman–Crippen MR) is 101 cm³/mol. The second-order valence-corrected chi connectivity index (χ2v) is 8.85. The normalized spacial score (nSPS) is 17.0. The number of aliphatic carboxylic acids is 1. The van der Waals surface area contributed by atoms with Gasteiger partial charge in [-0.15, -0.1) is 0 Å². The molecule has 0 unspecified atom stereocenters. The van der Waals surface area contributed by atoms with Gasteiger partial charge in [-0.25, -0.2) is 13.2 Å². The predicted octanol–water partition coefficient (Wildman–Crippen LogP) is 2.92. The Morgan fingerprint density at radius 2 is 1.86 bits per heavy atom. The van der Waals surface area contributed by atoms with Crippen molar-refractivity contribution < 1.29 is 27.8 Å². The Balaban J connectivity index is 2.05. The van der Waals surface area contributed by atoms with Crippen molar-refractivity contribution in [3.05, 3.63) is 59.3 Å². The van der Waals surface area contributed by atoms with Crippen LogP contribution in [0.3, 0.4) is 0 Å². The van der Waals surface area contributed by atoms with E-state index >= 15 is 0 Å². The number of hydrogen-bond donors (Lipinski definition) is 1. The molecule has 8 heteroatoms. The lowest BCUT2D eigenvalue weighted by Gasteiger charge is -2.33. The summed E-state index contributed by atoms with van der Waals surface area (Å²) in [7, 11) is -3.99. The molecule has 1 N–H and O–H groups in total. The number of carboxylic acids is 1. The first-order valence-corrected chi connectivity index (χ1v) is 10.2. The molecule has 146 valence electrons. The molecule has 0 saturated heterocycles. The summed E-state index contributed by atoms with van der Waals surface area (Å²) in [5.74, 6) is -0.299. The Morgan fingerprint density at radius 3 is 2.57 bits per heavy atom. The van der Waals surface area contributed by atoms with Crippen LogP contribution in [0.4, 0.5) is 0 Å². The van der Waals surface area contributed by atoms with Crippen LogP contribution in [-0.2, 0) is 14.8 Å². The van der Waals surface area contributed by atoms with Crippen molar-refractivity contribution in [2.45, 2.75) is 18.7 Å². The van der Waals surface area contributed by atoms with E-state index in [9.17, 15) is 18.3 Å². The van der Waals surface area contributed by atoms with Crippen LogP contribution in [0.5, 0.6) is 11.5 Å². The van der Waals surface area contributed by atoms with Crippen LogP contribution in [0.25, 0.3) is 5.57 Å². The van der Waals surface area contributed by atoms with Crippen molar-refractivity contribution in [3.8, 4) is 11.5 Å². The molecule has 2 heterocycles. The maximum absolute atomic E-state index is 13.2. The largest absolute Gasteiger partial charge is 0.477 e. The second-order valence-electron chi connectivity index (χ2n) is 7.02. The Labute approximate surface area is 162 Å². The molecule has 0 aliphatic carbocycles. The maximum Gasteiger partial charge on any atom is 0.353 e. The Morgan fingerprint density at radius 1 is 1.14 bits per heavy atom. The minimum atomic E-state index is -3.99. The van der Waals surface area contributed by atoms with Gasteiger partial charge in [0.05, 0.1) is 4.90 Å². The molecule has 2 aromatic rings. The molecule has 0 fully saturated rings. The fraction of sp³-hybridized carbons (Fsp3) is 0.250. The first kappa shape index (κ1) is 18.4. The molecule has 0 atom stereocenters. The molecule has 7 nitrogen and oxygen atoms in total. The lowest BCUT2D eigenvalue weighted by Crippen LogP contribution is -2.40. The van der Waals surface area contributed by atoms with Crippen LogP contribution in [0.1, 0.15) is 25.0 Å². The van der Waals surface area contributed by atoms with Gasteiger partial charge >= 0.3 is 5.97 Å². The molecule has 28 heavy (non-hydrogen) atoms. The van der Waals surface area contributed by atoms with Crippen molar-refractivity contribution in [2.24, 2.45) is 5.92 Å². The molecular weight excluding hydrogens is 382 g/mol. The SMILES string of the molecule is CC(C)CN1C(C(=O)O)=C(c2ccc3c(c2)OCO3)c2ccccc2S1(=O)=O. The third kappa shape index (κ3) is 2.80. The number of benzene rings is 2. The summed E-state index contributed by atoms with van der Waals surface area (Å²) >= 11 is 0. The van der Waals surface area contributed by atoms with E-state index in [0.717, 1.165) is 4.31 Å². The number of ether oxygens (including phenoxy) is 2. The average molecular weight is 401 g/mol. The number of hydrogen-bond acceptors (Lipinski definition) is 5. The molecule has 2 aliphatic rings. The average Bonchev–Trinajstić information content (AvgIpc) is 3.11. The number of carbonyl (C=O) groups is 1. The highest BCUT2D eigenvalue weighted by Gasteiger charge is 2.40. The molecule has 4 rings (SSSR count). The van der Waals surface area contributed by atoms with Gasteiger partial charge in [0, 0.05) is 17.7 Å². The molecule has 2 aliphatic heterocycles. The minimum Gasteiger partial charge on any atom is -0.477 e. The molecule has 0 spiro atoms. The molecule has 0 radical (unpaired) electrons. The minimum absolute atomic E-state index is 0.0619. The monoisotopic (exact) mass is 401 g/mol. The lowest BCUT2D eigenvalue weighted by molar-refractivity contribution is -0.133. The highest BCUT2D eigenvalue weighted by atomic mass is 32.2. The fourth-order valence-electron chi connectivity index (χ4n) is 3.47. The van der Waals surface area contributed by atoms with Gasteiger partial charge in [0.1, 0.15) is 5.70 Å². The summed E-state index contributed by atoms with van der Waals surface area (Å²) in [4.78, 5) is 12.3. The number of carboxylic acid groups (broad SMARTS) is 1. The molecule has 0 saturated carbocycles. The van der Waals surface area contributed by atoms with Crippen LogP contribution in [-0.4, -0.2) is 37.1 Å². The Kier molecular flexibility index (Phi) is 4.30. The summed E-state index contributed by atoms with van der Waals surface area (Å²) in [6.07, 6.45) is 0. The van der Waals surface area contributed by atoms with Gasteiger partial charge in [-0.05, 0) is 29.7 Å². The third-order valence-corrected chi connectivity index (χ3v) is 6.43. The molecule has 0 bridgehead atoms. The van der Waals surface area contributed by atoms with E-state index in [1.54, 1.807) is 36.4 Å². The van der Waals surface area contributed by atoms with Crippen LogP contribution in [0, 0.1) is 5.92 Å².